The SMILES string of the molecule is COC(=O)N1C(=O)[C@@H]2[C@@H](CC(C(C)C)=C3[C@@H](CC/C(=C/c4ccc(O)c(F)c4)c4ccccn4)OB(O)C[C@@H]32)C1=O. The third kappa shape index (κ3) is 5.43. The lowest BCUT2D eigenvalue weighted by atomic mass is 9.57. The molecule has 1 aliphatic carbocycles. The number of carbonyl (C=O) groups excluding carboxylic acids is 3. The van der Waals surface area contributed by atoms with E-state index in [1.807, 2.05) is 26.0 Å². The number of amides is 3. The van der Waals surface area contributed by atoms with Crippen molar-refractivity contribution in [2.45, 2.75) is 45.5 Å². The van der Waals surface area contributed by atoms with Crippen LogP contribution in [0.1, 0.15) is 44.4 Å². The van der Waals surface area contributed by atoms with Crippen molar-refractivity contribution in [1.29, 1.82) is 0 Å². The number of nitrogens with zero attached hydrogens (tertiary/aromatic N) is 2. The average molecular weight is 562 g/mol. The number of phenolic OH excluding ortho intramolecular Hbond substituents is 1. The van der Waals surface area contributed by atoms with Crippen molar-refractivity contribution in [2.24, 2.45) is 23.7 Å². The zero-order valence-corrected chi connectivity index (χ0v) is 23.1. The number of likely N-dealkylation sites (tertiary alicyclic amines) is 1. The Morgan fingerprint density at radius 1 is 1.24 bits per heavy atom. The fraction of sp³-hybridized carbons (Fsp3) is 0.400. The number of phenols is 1. The van der Waals surface area contributed by atoms with E-state index in [9.17, 15) is 28.9 Å². The maximum atomic E-state index is 14.1. The summed E-state index contributed by atoms with van der Waals surface area (Å²) < 4.78 is 24.9. The molecule has 1 aromatic heterocycles. The Balaban J connectivity index is 1.49. The Bertz CT molecular complexity index is 1430. The third-order valence-electron chi connectivity index (χ3n) is 8.28. The summed E-state index contributed by atoms with van der Waals surface area (Å²) in [4.78, 5) is 44.0. The Labute approximate surface area is 237 Å². The number of rotatable bonds is 6. The van der Waals surface area contributed by atoms with Crippen molar-refractivity contribution < 1.29 is 38.3 Å². The number of imide groups is 3. The number of ether oxygens (including phenoxy) is 1. The molecule has 9 nitrogen and oxygen atoms in total. The van der Waals surface area contributed by atoms with Crippen LogP contribution in [-0.2, 0) is 19.0 Å². The standard InChI is InChI=1S/C30H32BFN2O7/c1-16(2)19-14-20-27(29(37)34(28(20)36)30(38)40-3)21-15-31(39)41-25(26(19)21)10-8-18(23-6-4-5-11-33-23)12-17-7-9-24(35)22(32)13-17/h4-7,9,11-13,16,20-21,25,27,35,39H,8,10,14-15H2,1-3H3/b18-12-/t20-,21+,25-,27-/m1/s1. The summed E-state index contributed by atoms with van der Waals surface area (Å²) in [7, 11) is -0.0360. The van der Waals surface area contributed by atoms with E-state index in [2.05, 4.69) is 4.98 Å². The van der Waals surface area contributed by atoms with Crippen molar-refractivity contribution in [3.05, 3.63) is 70.8 Å². The van der Waals surface area contributed by atoms with E-state index in [1.54, 1.807) is 24.4 Å². The summed E-state index contributed by atoms with van der Waals surface area (Å²) in [5.41, 5.74) is 3.91. The first-order valence-corrected chi connectivity index (χ1v) is 13.7. The highest BCUT2D eigenvalue weighted by Crippen LogP contribution is 2.52. The summed E-state index contributed by atoms with van der Waals surface area (Å²) >= 11 is 0. The molecule has 3 heterocycles. The van der Waals surface area contributed by atoms with E-state index < -0.39 is 60.5 Å². The number of allylic oxidation sites excluding steroid dienone is 2. The maximum absolute atomic E-state index is 14.1. The molecule has 2 saturated heterocycles. The molecule has 4 atom stereocenters. The van der Waals surface area contributed by atoms with Crippen LogP contribution >= 0.6 is 0 Å². The van der Waals surface area contributed by atoms with Crippen LogP contribution in [0.3, 0.4) is 0 Å². The van der Waals surface area contributed by atoms with Crippen LogP contribution in [-0.4, -0.2) is 58.3 Å². The molecule has 2 fully saturated rings. The topological polar surface area (TPSA) is 126 Å². The highest BCUT2D eigenvalue weighted by molar-refractivity contribution is 6.43. The molecule has 0 radical (unpaired) electrons. The molecule has 0 saturated carbocycles. The van der Waals surface area contributed by atoms with Gasteiger partial charge in [0.25, 0.3) is 0 Å². The van der Waals surface area contributed by atoms with Gasteiger partial charge in [0.15, 0.2) is 11.6 Å². The van der Waals surface area contributed by atoms with Crippen LogP contribution in [0.15, 0.2) is 53.7 Å². The molecular formula is C30H32BFN2O7. The first-order valence-electron chi connectivity index (χ1n) is 13.7. The van der Waals surface area contributed by atoms with Crippen LogP contribution in [0.2, 0.25) is 6.32 Å². The zero-order chi connectivity index (χ0) is 29.4. The summed E-state index contributed by atoms with van der Waals surface area (Å²) in [5, 5.41) is 20.4. The second-order valence-electron chi connectivity index (χ2n) is 11.0. The Kier molecular flexibility index (Phi) is 8.10. The van der Waals surface area contributed by atoms with Gasteiger partial charge in [-0.05, 0) is 84.5 Å². The summed E-state index contributed by atoms with van der Waals surface area (Å²) in [6.07, 6.45) is 3.21. The molecule has 3 amide bonds. The molecule has 3 aliphatic rings. The molecule has 0 bridgehead atoms. The Hall–Kier alpha value is -3.83. The Morgan fingerprint density at radius 2 is 2.02 bits per heavy atom. The lowest BCUT2D eigenvalue weighted by Gasteiger charge is -2.44. The predicted octanol–water partition coefficient (Wildman–Crippen LogP) is 4.47. The van der Waals surface area contributed by atoms with E-state index in [0.717, 1.165) is 23.8 Å². The first kappa shape index (κ1) is 28.7. The number of hydrogen-bond acceptors (Lipinski definition) is 8. The molecule has 11 heteroatoms. The molecule has 5 rings (SSSR count). The van der Waals surface area contributed by atoms with Gasteiger partial charge in [-0.25, -0.2) is 9.18 Å². The molecule has 2 aromatic rings. The number of carbonyl (C=O) groups is 3. The zero-order valence-electron chi connectivity index (χ0n) is 23.1. The van der Waals surface area contributed by atoms with Gasteiger partial charge in [0.05, 0.1) is 30.7 Å². The highest BCUT2D eigenvalue weighted by Gasteiger charge is 2.59. The lowest BCUT2D eigenvalue weighted by Crippen LogP contribution is -2.46. The molecule has 41 heavy (non-hydrogen) atoms. The van der Waals surface area contributed by atoms with Crippen molar-refractivity contribution >= 4 is 36.7 Å². The molecule has 0 spiro atoms. The minimum absolute atomic E-state index is 0.0376. The molecule has 0 unspecified atom stereocenters. The second-order valence-corrected chi connectivity index (χ2v) is 11.0. The molecule has 1 aromatic carbocycles. The van der Waals surface area contributed by atoms with Gasteiger partial charge in [-0.3, -0.25) is 14.6 Å². The number of aromatic hydroxyl groups is 1. The average Bonchev–Trinajstić information content (AvgIpc) is 3.21. The Morgan fingerprint density at radius 3 is 2.68 bits per heavy atom. The van der Waals surface area contributed by atoms with Crippen molar-refractivity contribution in [2.75, 3.05) is 7.11 Å². The monoisotopic (exact) mass is 562 g/mol. The van der Waals surface area contributed by atoms with Crippen molar-refractivity contribution in [3.63, 3.8) is 0 Å². The van der Waals surface area contributed by atoms with Gasteiger partial charge in [-0.1, -0.05) is 31.6 Å². The van der Waals surface area contributed by atoms with Gasteiger partial charge in [0, 0.05) is 6.20 Å². The van der Waals surface area contributed by atoms with Crippen LogP contribution in [0.25, 0.3) is 11.6 Å². The third-order valence-corrected chi connectivity index (χ3v) is 8.28. The summed E-state index contributed by atoms with van der Waals surface area (Å²) in [6.45, 7) is 4.03. The molecule has 214 valence electrons. The number of hydrogen-bond donors (Lipinski definition) is 2. The van der Waals surface area contributed by atoms with Gasteiger partial charge < -0.3 is 19.5 Å². The fourth-order valence-electron chi connectivity index (χ4n) is 6.45. The first-order chi connectivity index (χ1) is 19.6. The lowest BCUT2D eigenvalue weighted by molar-refractivity contribution is -0.137. The quantitative estimate of drug-likeness (QED) is 0.300. The van der Waals surface area contributed by atoms with Gasteiger partial charge in [-0.15, -0.1) is 0 Å². The van der Waals surface area contributed by atoms with Gasteiger partial charge in [0.2, 0.25) is 11.8 Å². The van der Waals surface area contributed by atoms with Gasteiger partial charge in [0.1, 0.15) is 0 Å². The van der Waals surface area contributed by atoms with Crippen molar-refractivity contribution in [1.82, 2.24) is 9.88 Å². The molecule has 2 N–H and O–H groups in total. The second kappa shape index (κ2) is 11.6. The number of fused-ring (bicyclic) bond motifs is 3. The van der Waals surface area contributed by atoms with Crippen LogP contribution in [0.5, 0.6) is 5.75 Å². The number of aromatic nitrogens is 1. The van der Waals surface area contributed by atoms with Crippen LogP contribution in [0.4, 0.5) is 9.18 Å². The van der Waals surface area contributed by atoms with E-state index in [4.69, 9.17) is 9.39 Å². The number of benzene rings is 1. The predicted molar refractivity (Wildman–Crippen MR) is 148 cm³/mol. The fourth-order valence-corrected chi connectivity index (χ4v) is 6.45. The largest absolute Gasteiger partial charge is 0.505 e. The summed E-state index contributed by atoms with van der Waals surface area (Å²) in [5.74, 6) is -4.27. The van der Waals surface area contributed by atoms with Gasteiger partial charge >= 0.3 is 13.2 Å². The van der Waals surface area contributed by atoms with E-state index >= 15 is 0 Å². The molecule has 2 aliphatic heterocycles. The number of halogens is 1. The number of methoxy groups -OCH3 is 1. The minimum atomic E-state index is -1.16. The molecular weight excluding hydrogens is 530 g/mol. The van der Waals surface area contributed by atoms with E-state index in [0.29, 0.717) is 35.4 Å². The maximum Gasteiger partial charge on any atom is 0.455 e. The van der Waals surface area contributed by atoms with Crippen molar-refractivity contribution in [3.8, 4) is 5.75 Å². The smallest absolute Gasteiger partial charge is 0.455 e. The van der Waals surface area contributed by atoms with E-state index in [-0.39, 0.29) is 12.2 Å². The van der Waals surface area contributed by atoms with Crippen LogP contribution in [0, 0.1) is 29.5 Å². The summed E-state index contributed by atoms with van der Waals surface area (Å²) in [6, 6.07) is 9.62. The highest BCUT2D eigenvalue weighted by atomic mass is 19.1. The van der Waals surface area contributed by atoms with Crippen LogP contribution < -0.4 is 0 Å². The van der Waals surface area contributed by atoms with Gasteiger partial charge in [-0.2, -0.15) is 4.90 Å². The van der Waals surface area contributed by atoms with E-state index in [1.165, 1.54) is 12.1 Å². The minimum Gasteiger partial charge on any atom is -0.505 e. The number of pyridine rings is 1. The normalized spacial score (nSPS) is 24.6.